The van der Waals surface area contributed by atoms with Crippen LogP contribution in [-0.4, -0.2) is 35.4 Å². The molecule has 5 rings (SSSR count). The van der Waals surface area contributed by atoms with E-state index >= 15 is 0 Å². The van der Waals surface area contributed by atoms with Gasteiger partial charge in [-0.25, -0.2) is 9.36 Å². The summed E-state index contributed by atoms with van der Waals surface area (Å²) in [5.74, 6) is 0.906. The SMILES string of the molecule is CCn1nccc1NC(=O)c1ccc(C)c(Nc2nc(Cl)nc3c2cnn3-c2ccccc2)c1. The molecule has 170 valence electrons. The predicted octanol–water partition coefficient (Wildman–Crippen LogP) is 4.99. The number of hydrogen-bond donors (Lipinski definition) is 2. The Morgan fingerprint density at radius 3 is 2.68 bits per heavy atom. The van der Waals surface area contributed by atoms with Gasteiger partial charge in [-0.15, -0.1) is 0 Å². The topological polar surface area (TPSA) is 103 Å². The van der Waals surface area contributed by atoms with Gasteiger partial charge < -0.3 is 10.6 Å². The van der Waals surface area contributed by atoms with E-state index in [1.165, 1.54) is 0 Å². The van der Waals surface area contributed by atoms with Crippen molar-refractivity contribution in [3.63, 3.8) is 0 Å². The van der Waals surface area contributed by atoms with Gasteiger partial charge in [-0.3, -0.25) is 4.79 Å². The van der Waals surface area contributed by atoms with Crippen molar-refractivity contribution in [1.82, 2.24) is 29.5 Å². The Labute approximate surface area is 200 Å². The van der Waals surface area contributed by atoms with Gasteiger partial charge in [-0.2, -0.15) is 20.2 Å². The molecule has 0 aliphatic carbocycles. The number of benzene rings is 2. The van der Waals surface area contributed by atoms with Crippen LogP contribution in [0.1, 0.15) is 22.8 Å². The number of hydrogen-bond acceptors (Lipinski definition) is 6. The number of halogens is 1. The Kier molecular flexibility index (Phi) is 5.69. The molecule has 0 bridgehead atoms. The van der Waals surface area contributed by atoms with Crippen molar-refractivity contribution in [1.29, 1.82) is 0 Å². The molecular formula is C24H21ClN8O. The van der Waals surface area contributed by atoms with Crippen molar-refractivity contribution in [2.75, 3.05) is 10.6 Å². The molecule has 1 amide bonds. The van der Waals surface area contributed by atoms with Crippen molar-refractivity contribution < 1.29 is 4.79 Å². The summed E-state index contributed by atoms with van der Waals surface area (Å²) in [6.07, 6.45) is 3.35. The molecule has 0 aliphatic heterocycles. The number of para-hydroxylation sites is 1. The molecule has 3 heterocycles. The third-order valence-electron chi connectivity index (χ3n) is 5.41. The first-order valence-electron chi connectivity index (χ1n) is 10.7. The van der Waals surface area contributed by atoms with Crippen LogP contribution in [0.3, 0.4) is 0 Å². The molecule has 0 saturated heterocycles. The van der Waals surface area contributed by atoms with Crippen molar-refractivity contribution in [2.24, 2.45) is 0 Å². The standard InChI is InChI=1S/C24H21ClN8O/c1-3-32-20(11-12-26-32)29-23(34)16-10-9-15(2)19(13-16)28-21-18-14-27-33(17-7-5-4-6-8-17)22(18)31-24(25)30-21/h4-14H,3H2,1-2H3,(H,29,34)(H,28,30,31). The van der Waals surface area contributed by atoms with Gasteiger partial charge in [0, 0.05) is 23.9 Å². The van der Waals surface area contributed by atoms with Gasteiger partial charge in [-0.05, 0) is 55.3 Å². The summed E-state index contributed by atoms with van der Waals surface area (Å²) in [5.41, 5.74) is 3.59. The highest BCUT2D eigenvalue weighted by atomic mass is 35.5. The van der Waals surface area contributed by atoms with E-state index in [4.69, 9.17) is 11.6 Å². The van der Waals surface area contributed by atoms with Crippen LogP contribution >= 0.6 is 11.6 Å². The van der Waals surface area contributed by atoms with Gasteiger partial charge in [0.1, 0.15) is 11.6 Å². The molecule has 9 nitrogen and oxygen atoms in total. The number of anilines is 3. The summed E-state index contributed by atoms with van der Waals surface area (Å²) >= 11 is 6.26. The van der Waals surface area contributed by atoms with Gasteiger partial charge in [0.05, 0.1) is 23.5 Å². The average Bonchev–Trinajstić information content (AvgIpc) is 3.47. The number of aryl methyl sites for hydroxylation is 2. The largest absolute Gasteiger partial charge is 0.339 e. The zero-order valence-corrected chi connectivity index (χ0v) is 19.3. The normalized spacial score (nSPS) is 11.0. The van der Waals surface area contributed by atoms with Crippen LogP contribution in [0.5, 0.6) is 0 Å². The predicted molar refractivity (Wildman–Crippen MR) is 132 cm³/mol. The second-order valence-electron chi connectivity index (χ2n) is 7.61. The Bertz CT molecular complexity index is 1490. The minimum atomic E-state index is -0.235. The Morgan fingerprint density at radius 2 is 1.88 bits per heavy atom. The van der Waals surface area contributed by atoms with Crippen LogP contribution in [0.25, 0.3) is 16.7 Å². The lowest BCUT2D eigenvalue weighted by molar-refractivity contribution is 0.102. The van der Waals surface area contributed by atoms with E-state index in [0.29, 0.717) is 34.8 Å². The molecule has 5 aromatic rings. The van der Waals surface area contributed by atoms with Crippen molar-refractivity contribution in [3.05, 3.63) is 83.4 Å². The highest BCUT2D eigenvalue weighted by Crippen LogP contribution is 2.29. The van der Waals surface area contributed by atoms with Gasteiger partial charge in [-0.1, -0.05) is 24.3 Å². The highest BCUT2D eigenvalue weighted by Gasteiger charge is 2.16. The maximum absolute atomic E-state index is 12.9. The lowest BCUT2D eigenvalue weighted by Gasteiger charge is -2.13. The van der Waals surface area contributed by atoms with Gasteiger partial charge in [0.25, 0.3) is 5.91 Å². The van der Waals surface area contributed by atoms with E-state index in [2.05, 4.69) is 30.8 Å². The summed E-state index contributed by atoms with van der Waals surface area (Å²) in [4.78, 5) is 21.6. The number of aromatic nitrogens is 6. The fourth-order valence-electron chi connectivity index (χ4n) is 3.64. The van der Waals surface area contributed by atoms with Gasteiger partial charge in [0.2, 0.25) is 5.28 Å². The van der Waals surface area contributed by atoms with Crippen LogP contribution in [0.2, 0.25) is 5.28 Å². The third-order valence-corrected chi connectivity index (χ3v) is 5.58. The first-order valence-corrected chi connectivity index (χ1v) is 11.1. The van der Waals surface area contributed by atoms with E-state index in [9.17, 15) is 4.79 Å². The minimum Gasteiger partial charge on any atom is -0.339 e. The van der Waals surface area contributed by atoms with Crippen LogP contribution in [0.15, 0.2) is 67.0 Å². The monoisotopic (exact) mass is 472 g/mol. The van der Waals surface area contributed by atoms with Gasteiger partial charge in [0.15, 0.2) is 5.65 Å². The summed E-state index contributed by atoms with van der Waals surface area (Å²) < 4.78 is 3.43. The number of carbonyl (C=O) groups excluding carboxylic acids is 1. The van der Waals surface area contributed by atoms with Crippen molar-refractivity contribution in [3.8, 4) is 5.69 Å². The van der Waals surface area contributed by atoms with Crippen molar-refractivity contribution in [2.45, 2.75) is 20.4 Å². The zero-order chi connectivity index (χ0) is 23.7. The maximum Gasteiger partial charge on any atom is 0.256 e. The zero-order valence-electron chi connectivity index (χ0n) is 18.5. The number of carbonyl (C=O) groups is 1. The van der Waals surface area contributed by atoms with Crippen LogP contribution in [0, 0.1) is 6.92 Å². The fourth-order valence-corrected chi connectivity index (χ4v) is 3.80. The Morgan fingerprint density at radius 1 is 1.06 bits per heavy atom. The molecule has 2 N–H and O–H groups in total. The molecule has 2 aromatic carbocycles. The molecule has 0 atom stereocenters. The van der Waals surface area contributed by atoms with Crippen molar-refractivity contribution >= 4 is 45.9 Å². The van der Waals surface area contributed by atoms with Crippen LogP contribution in [0.4, 0.5) is 17.3 Å². The molecule has 0 radical (unpaired) electrons. The number of amides is 1. The first-order chi connectivity index (χ1) is 16.5. The molecule has 0 unspecified atom stereocenters. The minimum absolute atomic E-state index is 0.0899. The molecule has 0 aliphatic rings. The summed E-state index contributed by atoms with van der Waals surface area (Å²) in [5, 5.41) is 15.7. The number of rotatable bonds is 6. The molecular weight excluding hydrogens is 452 g/mol. The quantitative estimate of drug-likeness (QED) is 0.337. The maximum atomic E-state index is 12.9. The van der Waals surface area contributed by atoms with E-state index < -0.39 is 0 Å². The highest BCUT2D eigenvalue weighted by molar-refractivity contribution is 6.28. The number of fused-ring (bicyclic) bond motifs is 1. The Hall–Kier alpha value is -4.24. The molecule has 0 spiro atoms. The molecule has 3 aromatic heterocycles. The third kappa shape index (κ3) is 4.08. The summed E-state index contributed by atoms with van der Waals surface area (Å²) in [6, 6.07) is 16.9. The molecule has 10 heteroatoms. The first kappa shape index (κ1) is 21.6. The average molecular weight is 473 g/mol. The molecule has 34 heavy (non-hydrogen) atoms. The second kappa shape index (κ2) is 8.95. The van der Waals surface area contributed by atoms with Crippen LogP contribution in [-0.2, 0) is 6.54 Å². The van der Waals surface area contributed by atoms with E-state index in [1.54, 1.807) is 40.0 Å². The smallest absolute Gasteiger partial charge is 0.256 e. The van der Waals surface area contributed by atoms with Crippen LogP contribution < -0.4 is 10.6 Å². The van der Waals surface area contributed by atoms with E-state index in [1.807, 2.05) is 50.2 Å². The van der Waals surface area contributed by atoms with E-state index in [-0.39, 0.29) is 11.2 Å². The van der Waals surface area contributed by atoms with Gasteiger partial charge >= 0.3 is 0 Å². The lowest BCUT2D eigenvalue weighted by Crippen LogP contribution is -2.15. The summed E-state index contributed by atoms with van der Waals surface area (Å²) in [6.45, 7) is 4.57. The fraction of sp³-hybridized carbons (Fsp3) is 0.125. The molecule has 0 fully saturated rings. The number of nitrogens with one attached hydrogen (secondary N) is 2. The van der Waals surface area contributed by atoms with E-state index in [0.717, 1.165) is 16.9 Å². The molecule has 0 saturated carbocycles. The number of nitrogens with zero attached hydrogens (tertiary/aromatic N) is 6. The lowest BCUT2D eigenvalue weighted by atomic mass is 10.1. The Balaban J connectivity index is 1.48. The summed E-state index contributed by atoms with van der Waals surface area (Å²) in [7, 11) is 0. The second-order valence-corrected chi connectivity index (χ2v) is 7.95.